The largest absolute Gasteiger partial charge is 0.496 e. The van der Waals surface area contributed by atoms with Crippen molar-refractivity contribution in [3.05, 3.63) is 29.3 Å². The van der Waals surface area contributed by atoms with E-state index < -0.39 is 0 Å². The topological polar surface area (TPSA) is 71.1 Å². The maximum atomic E-state index is 8.79. The monoisotopic (exact) mass is 291 g/mol. The first kappa shape index (κ1) is 15.6. The molecule has 0 aliphatic carbocycles. The second kappa shape index (κ2) is 6.80. The summed E-state index contributed by atoms with van der Waals surface area (Å²) in [4.78, 5) is 2.47. The molecule has 0 radical (unpaired) electrons. The first-order valence-corrected chi connectivity index (χ1v) is 7.42. The highest BCUT2D eigenvalue weighted by Gasteiger charge is 2.22. The molecule has 1 heterocycles. The van der Waals surface area contributed by atoms with Crippen LogP contribution in [0.5, 0.6) is 5.75 Å². The summed E-state index contributed by atoms with van der Waals surface area (Å²) in [6.07, 6.45) is 1.25. The summed E-state index contributed by atoms with van der Waals surface area (Å²) in [7, 11) is 1.60. The van der Waals surface area contributed by atoms with Crippen LogP contribution in [0.15, 0.2) is 23.4 Å². The first-order chi connectivity index (χ1) is 10.0. The van der Waals surface area contributed by atoms with Crippen molar-refractivity contribution >= 4 is 5.84 Å². The summed E-state index contributed by atoms with van der Waals surface area (Å²) in [6.45, 7) is 7.82. The molecule has 1 aromatic rings. The smallest absolute Gasteiger partial charge is 0.173 e. The average Bonchev–Trinajstić information content (AvgIpc) is 2.50. The van der Waals surface area contributed by atoms with Crippen molar-refractivity contribution < 1.29 is 9.94 Å². The van der Waals surface area contributed by atoms with Crippen molar-refractivity contribution in [2.75, 3.05) is 20.2 Å². The summed E-state index contributed by atoms with van der Waals surface area (Å²) in [5.41, 5.74) is 7.45. The van der Waals surface area contributed by atoms with Crippen LogP contribution in [-0.4, -0.2) is 36.1 Å². The number of hydrogen-bond acceptors (Lipinski definition) is 4. The van der Waals surface area contributed by atoms with Crippen LogP contribution >= 0.6 is 0 Å². The molecule has 2 rings (SSSR count). The van der Waals surface area contributed by atoms with E-state index in [0.717, 1.165) is 31.5 Å². The third kappa shape index (κ3) is 3.67. The molecular weight excluding hydrogens is 266 g/mol. The van der Waals surface area contributed by atoms with Gasteiger partial charge in [-0.05, 0) is 42.5 Å². The third-order valence-corrected chi connectivity index (χ3v) is 4.47. The van der Waals surface area contributed by atoms with Crippen molar-refractivity contribution in [1.82, 2.24) is 4.90 Å². The van der Waals surface area contributed by atoms with Crippen molar-refractivity contribution in [3.8, 4) is 5.75 Å². The zero-order valence-electron chi connectivity index (χ0n) is 13.0. The van der Waals surface area contributed by atoms with E-state index in [1.54, 1.807) is 7.11 Å². The van der Waals surface area contributed by atoms with Gasteiger partial charge in [-0.1, -0.05) is 25.1 Å². The predicted octanol–water partition coefficient (Wildman–Crippen LogP) is 2.27. The Morgan fingerprint density at radius 1 is 1.43 bits per heavy atom. The number of hydrogen-bond donors (Lipinski definition) is 2. The van der Waals surface area contributed by atoms with Crippen LogP contribution in [0, 0.1) is 11.8 Å². The van der Waals surface area contributed by atoms with Crippen LogP contribution in [0.3, 0.4) is 0 Å². The highest BCUT2D eigenvalue weighted by atomic mass is 16.5. The Bertz CT molecular complexity index is 516. The van der Waals surface area contributed by atoms with Crippen LogP contribution in [0.4, 0.5) is 0 Å². The van der Waals surface area contributed by atoms with E-state index in [1.165, 1.54) is 12.0 Å². The summed E-state index contributed by atoms with van der Waals surface area (Å²) in [5, 5.41) is 11.8. The zero-order valence-corrected chi connectivity index (χ0v) is 13.0. The van der Waals surface area contributed by atoms with Crippen LogP contribution < -0.4 is 10.5 Å². The number of oxime groups is 1. The van der Waals surface area contributed by atoms with Gasteiger partial charge in [0, 0.05) is 13.1 Å². The molecule has 2 atom stereocenters. The van der Waals surface area contributed by atoms with Gasteiger partial charge >= 0.3 is 0 Å². The highest BCUT2D eigenvalue weighted by Crippen LogP contribution is 2.25. The second-order valence-electron chi connectivity index (χ2n) is 6.00. The lowest BCUT2D eigenvalue weighted by Gasteiger charge is -2.35. The number of ether oxygens (including phenoxy) is 1. The molecular formula is C16H25N3O2. The normalized spacial score (nSPS) is 24.0. The van der Waals surface area contributed by atoms with Crippen molar-refractivity contribution in [2.45, 2.75) is 26.8 Å². The van der Waals surface area contributed by atoms with Gasteiger partial charge in [0.2, 0.25) is 0 Å². The maximum Gasteiger partial charge on any atom is 0.173 e. The maximum absolute atomic E-state index is 8.79. The Kier molecular flexibility index (Phi) is 5.07. The SMILES string of the molecule is COc1cc(CN2CCC(C)C(C)C2)ccc1/C(N)=N/O. The molecule has 0 bridgehead atoms. The number of piperidine rings is 1. The lowest BCUT2D eigenvalue weighted by Crippen LogP contribution is -2.37. The Balaban J connectivity index is 2.11. The fourth-order valence-electron chi connectivity index (χ4n) is 2.85. The van der Waals surface area contributed by atoms with E-state index in [0.29, 0.717) is 11.3 Å². The van der Waals surface area contributed by atoms with Gasteiger partial charge in [-0.3, -0.25) is 4.90 Å². The third-order valence-electron chi connectivity index (χ3n) is 4.47. The first-order valence-electron chi connectivity index (χ1n) is 7.42. The van der Waals surface area contributed by atoms with E-state index in [9.17, 15) is 0 Å². The molecule has 1 fully saturated rings. The van der Waals surface area contributed by atoms with Crippen LogP contribution in [0.2, 0.25) is 0 Å². The number of nitrogens with zero attached hydrogens (tertiary/aromatic N) is 2. The lowest BCUT2D eigenvalue weighted by molar-refractivity contribution is 0.132. The van der Waals surface area contributed by atoms with Crippen LogP contribution in [0.25, 0.3) is 0 Å². The van der Waals surface area contributed by atoms with Gasteiger partial charge in [-0.25, -0.2) is 0 Å². The summed E-state index contributed by atoms with van der Waals surface area (Å²) in [5.74, 6) is 2.25. The minimum absolute atomic E-state index is 0.0684. The molecule has 0 saturated carbocycles. The standard InChI is InChI=1S/C16H25N3O2/c1-11-6-7-19(9-12(11)2)10-13-4-5-14(16(17)18-20)15(8-13)21-3/h4-5,8,11-12,20H,6-7,9-10H2,1-3H3,(H2,17,18). The molecule has 116 valence electrons. The Morgan fingerprint density at radius 2 is 2.19 bits per heavy atom. The number of benzene rings is 1. The quantitative estimate of drug-likeness (QED) is 0.386. The van der Waals surface area contributed by atoms with Gasteiger partial charge in [-0.2, -0.15) is 0 Å². The van der Waals surface area contributed by atoms with Gasteiger partial charge in [-0.15, -0.1) is 0 Å². The van der Waals surface area contributed by atoms with Crippen molar-refractivity contribution in [1.29, 1.82) is 0 Å². The van der Waals surface area contributed by atoms with Gasteiger partial charge in [0.25, 0.3) is 0 Å². The van der Waals surface area contributed by atoms with E-state index in [-0.39, 0.29) is 5.84 Å². The molecule has 1 saturated heterocycles. The molecule has 2 unspecified atom stereocenters. The van der Waals surface area contributed by atoms with Gasteiger partial charge in [0.05, 0.1) is 12.7 Å². The molecule has 0 amide bonds. The van der Waals surface area contributed by atoms with E-state index in [1.807, 2.05) is 18.2 Å². The minimum atomic E-state index is 0.0684. The van der Waals surface area contributed by atoms with Crippen molar-refractivity contribution in [2.24, 2.45) is 22.7 Å². The summed E-state index contributed by atoms with van der Waals surface area (Å²) in [6, 6.07) is 5.83. The molecule has 1 aliphatic rings. The Hall–Kier alpha value is -1.75. The summed E-state index contributed by atoms with van der Waals surface area (Å²) < 4.78 is 5.35. The average molecular weight is 291 g/mol. The lowest BCUT2D eigenvalue weighted by atomic mass is 9.88. The van der Waals surface area contributed by atoms with E-state index in [4.69, 9.17) is 15.7 Å². The van der Waals surface area contributed by atoms with Gasteiger partial charge < -0.3 is 15.7 Å². The number of methoxy groups -OCH3 is 1. The summed E-state index contributed by atoms with van der Waals surface area (Å²) >= 11 is 0. The Morgan fingerprint density at radius 3 is 2.81 bits per heavy atom. The fourth-order valence-corrected chi connectivity index (χ4v) is 2.85. The van der Waals surface area contributed by atoms with Crippen LogP contribution in [0.1, 0.15) is 31.4 Å². The molecule has 1 aromatic carbocycles. The zero-order chi connectivity index (χ0) is 15.4. The number of rotatable bonds is 4. The molecule has 0 aromatic heterocycles. The predicted molar refractivity (Wildman–Crippen MR) is 83.7 cm³/mol. The van der Waals surface area contributed by atoms with E-state index >= 15 is 0 Å². The molecule has 5 heteroatoms. The van der Waals surface area contributed by atoms with Gasteiger partial charge in [0.1, 0.15) is 5.75 Å². The number of nitrogens with two attached hydrogens (primary N) is 1. The van der Waals surface area contributed by atoms with Gasteiger partial charge in [0.15, 0.2) is 5.84 Å². The minimum Gasteiger partial charge on any atom is -0.496 e. The Labute approximate surface area is 126 Å². The fraction of sp³-hybridized carbons (Fsp3) is 0.562. The second-order valence-corrected chi connectivity index (χ2v) is 6.00. The molecule has 5 nitrogen and oxygen atoms in total. The number of amidine groups is 1. The van der Waals surface area contributed by atoms with E-state index in [2.05, 4.69) is 23.9 Å². The molecule has 1 aliphatic heterocycles. The molecule has 3 N–H and O–H groups in total. The number of likely N-dealkylation sites (tertiary alicyclic amines) is 1. The highest BCUT2D eigenvalue weighted by molar-refractivity contribution is 5.99. The van der Waals surface area contributed by atoms with Crippen molar-refractivity contribution in [3.63, 3.8) is 0 Å². The van der Waals surface area contributed by atoms with Crippen LogP contribution in [-0.2, 0) is 6.54 Å². The molecule has 21 heavy (non-hydrogen) atoms. The molecule has 0 spiro atoms.